The first-order valence-corrected chi connectivity index (χ1v) is 13.1. The van der Waals surface area contributed by atoms with E-state index < -0.39 is 21.8 Å². The average molecular weight is 488 g/mol. The second kappa shape index (κ2) is 8.95. The van der Waals surface area contributed by atoms with E-state index >= 15 is 0 Å². The monoisotopic (exact) mass is 487 g/mol. The summed E-state index contributed by atoms with van der Waals surface area (Å²) in [4.78, 5) is 27.7. The summed E-state index contributed by atoms with van der Waals surface area (Å²) in [6.45, 7) is 6.21. The van der Waals surface area contributed by atoms with Crippen LogP contribution in [-0.2, 0) is 16.4 Å². The summed E-state index contributed by atoms with van der Waals surface area (Å²) in [7, 11) is -3.22. The summed E-state index contributed by atoms with van der Waals surface area (Å²) >= 11 is 6.13. The molecule has 1 saturated heterocycles. The maximum atomic E-state index is 13.5. The highest BCUT2D eigenvalue weighted by atomic mass is 35.5. The number of carbonyl (C=O) groups is 1. The molecule has 0 radical (unpaired) electrons. The molecule has 1 aliphatic rings. The van der Waals surface area contributed by atoms with Gasteiger partial charge < -0.3 is 9.32 Å². The third kappa shape index (κ3) is 4.99. The van der Waals surface area contributed by atoms with Crippen molar-refractivity contribution in [3.63, 3.8) is 0 Å². The number of nitrogens with zero attached hydrogens (tertiary/aromatic N) is 1. The zero-order chi connectivity index (χ0) is 23.9. The fraction of sp³-hybridized carbons (Fsp3) is 0.360. The molecule has 1 aliphatic heterocycles. The lowest BCUT2D eigenvalue weighted by Crippen LogP contribution is -2.40. The Kier molecular flexibility index (Phi) is 6.38. The van der Waals surface area contributed by atoms with Gasteiger partial charge in [0.2, 0.25) is 0 Å². The SMILES string of the molecule is Cc1cc2oc(C(=O)N(Cc3ccc(C(C)C)cc3)C3CCS(=O)(=O)C3)cc(=O)c2cc1Cl. The molecular formula is C25H26ClNO5S. The van der Waals surface area contributed by atoms with E-state index in [1.807, 2.05) is 24.3 Å². The summed E-state index contributed by atoms with van der Waals surface area (Å²) < 4.78 is 30.1. The first-order valence-electron chi connectivity index (χ1n) is 10.9. The van der Waals surface area contributed by atoms with Gasteiger partial charge in [-0.1, -0.05) is 49.7 Å². The molecule has 2 aromatic carbocycles. The quantitative estimate of drug-likeness (QED) is 0.520. The predicted octanol–water partition coefficient (Wildman–Crippen LogP) is 4.71. The maximum absolute atomic E-state index is 13.5. The first kappa shape index (κ1) is 23.5. The highest BCUT2D eigenvalue weighted by Gasteiger charge is 2.36. The number of hydrogen-bond acceptors (Lipinski definition) is 5. The highest BCUT2D eigenvalue weighted by Crippen LogP contribution is 2.26. The van der Waals surface area contributed by atoms with Crippen molar-refractivity contribution >= 4 is 38.3 Å². The Morgan fingerprint density at radius 3 is 2.48 bits per heavy atom. The second-order valence-electron chi connectivity index (χ2n) is 8.96. The number of fused-ring (bicyclic) bond motifs is 1. The summed E-state index contributed by atoms with van der Waals surface area (Å²) in [6, 6.07) is 11.7. The molecule has 33 heavy (non-hydrogen) atoms. The minimum absolute atomic E-state index is 0.0348. The van der Waals surface area contributed by atoms with Crippen LogP contribution in [0.25, 0.3) is 11.0 Å². The molecule has 0 saturated carbocycles. The minimum Gasteiger partial charge on any atom is -0.451 e. The van der Waals surface area contributed by atoms with Crippen molar-refractivity contribution in [3.8, 4) is 0 Å². The topological polar surface area (TPSA) is 84.7 Å². The number of hydrogen-bond donors (Lipinski definition) is 0. The van der Waals surface area contributed by atoms with Crippen LogP contribution in [0.3, 0.4) is 0 Å². The van der Waals surface area contributed by atoms with Gasteiger partial charge in [0, 0.05) is 23.7 Å². The molecule has 0 aliphatic carbocycles. The van der Waals surface area contributed by atoms with Crippen LogP contribution in [-0.4, -0.2) is 36.8 Å². The smallest absolute Gasteiger partial charge is 0.290 e. The number of amides is 1. The second-order valence-corrected chi connectivity index (χ2v) is 11.6. The van der Waals surface area contributed by atoms with Gasteiger partial charge in [-0.3, -0.25) is 9.59 Å². The number of carbonyl (C=O) groups excluding carboxylic acids is 1. The number of aryl methyl sites for hydroxylation is 1. The number of benzene rings is 2. The molecule has 0 bridgehead atoms. The van der Waals surface area contributed by atoms with Crippen LogP contribution < -0.4 is 5.43 Å². The Labute approximate surface area is 198 Å². The van der Waals surface area contributed by atoms with Crippen LogP contribution in [0, 0.1) is 6.92 Å². The predicted molar refractivity (Wildman–Crippen MR) is 130 cm³/mol. The van der Waals surface area contributed by atoms with Crippen LogP contribution >= 0.6 is 11.6 Å². The Balaban J connectivity index is 1.72. The standard InChI is InChI=1S/C25H26ClNO5S/c1-15(2)18-6-4-17(5-7-18)13-27(19-8-9-33(30,31)14-19)25(29)24-12-22(28)20-11-21(26)16(3)10-23(20)32-24/h4-7,10-12,15,19H,8-9,13-14H2,1-3H3. The molecule has 8 heteroatoms. The third-order valence-corrected chi connectivity index (χ3v) is 8.29. The van der Waals surface area contributed by atoms with Crippen molar-refractivity contribution in [1.82, 2.24) is 4.90 Å². The third-order valence-electron chi connectivity index (χ3n) is 6.13. The molecule has 1 fully saturated rings. The lowest BCUT2D eigenvalue weighted by Gasteiger charge is -2.28. The number of rotatable bonds is 5. The van der Waals surface area contributed by atoms with Gasteiger partial charge in [0.25, 0.3) is 5.91 Å². The summed E-state index contributed by atoms with van der Waals surface area (Å²) in [6.07, 6.45) is 0.352. The van der Waals surface area contributed by atoms with Crippen molar-refractivity contribution in [1.29, 1.82) is 0 Å². The summed E-state index contributed by atoms with van der Waals surface area (Å²) in [5, 5.41) is 0.734. The van der Waals surface area contributed by atoms with Crippen LogP contribution in [0.1, 0.15) is 53.4 Å². The normalized spacial score (nSPS) is 17.5. The van der Waals surface area contributed by atoms with Gasteiger partial charge in [-0.2, -0.15) is 0 Å². The molecular weight excluding hydrogens is 462 g/mol. The van der Waals surface area contributed by atoms with E-state index in [-0.39, 0.29) is 34.8 Å². The Hall–Kier alpha value is -2.64. The van der Waals surface area contributed by atoms with E-state index in [1.165, 1.54) is 16.5 Å². The lowest BCUT2D eigenvalue weighted by molar-refractivity contribution is 0.0648. The zero-order valence-corrected chi connectivity index (χ0v) is 20.4. The van der Waals surface area contributed by atoms with E-state index in [9.17, 15) is 18.0 Å². The molecule has 2 heterocycles. The first-order chi connectivity index (χ1) is 15.5. The zero-order valence-electron chi connectivity index (χ0n) is 18.8. The number of sulfone groups is 1. The Bertz CT molecular complexity index is 1380. The van der Waals surface area contributed by atoms with E-state index in [2.05, 4.69) is 13.8 Å². The molecule has 174 valence electrons. The van der Waals surface area contributed by atoms with E-state index in [0.717, 1.165) is 17.2 Å². The molecule has 4 rings (SSSR count). The van der Waals surface area contributed by atoms with Crippen molar-refractivity contribution in [2.75, 3.05) is 11.5 Å². The molecule has 0 N–H and O–H groups in total. The van der Waals surface area contributed by atoms with Gasteiger partial charge in [-0.15, -0.1) is 0 Å². The molecule has 0 spiro atoms. The van der Waals surface area contributed by atoms with Gasteiger partial charge in [-0.25, -0.2) is 8.42 Å². The molecule has 1 amide bonds. The van der Waals surface area contributed by atoms with E-state index in [4.69, 9.17) is 16.0 Å². The van der Waals surface area contributed by atoms with E-state index in [0.29, 0.717) is 22.7 Å². The lowest BCUT2D eigenvalue weighted by atomic mass is 10.0. The molecule has 1 unspecified atom stereocenters. The van der Waals surface area contributed by atoms with Crippen molar-refractivity contribution in [3.05, 3.63) is 80.2 Å². The highest BCUT2D eigenvalue weighted by molar-refractivity contribution is 7.91. The van der Waals surface area contributed by atoms with Crippen molar-refractivity contribution < 1.29 is 17.6 Å². The average Bonchev–Trinajstić information content (AvgIpc) is 3.12. The van der Waals surface area contributed by atoms with E-state index in [1.54, 1.807) is 13.0 Å². The Morgan fingerprint density at radius 1 is 1.18 bits per heavy atom. The van der Waals surface area contributed by atoms with Gasteiger partial charge in [0.15, 0.2) is 21.0 Å². The fourth-order valence-electron chi connectivity index (χ4n) is 4.12. The molecule has 1 aromatic heterocycles. The van der Waals surface area contributed by atoms with Crippen LogP contribution in [0.2, 0.25) is 5.02 Å². The summed E-state index contributed by atoms with van der Waals surface area (Å²) in [5.41, 5.74) is 2.67. The Morgan fingerprint density at radius 2 is 1.88 bits per heavy atom. The van der Waals surface area contributed by atoms with Gasteiger partial charge in [0.1, 0.15) is 5.58 Å². The van der Waals surface area contributed by atoms with Gasteiger partial charge in [-0.05, 0) is 48.1 Å². The largest absolute Gasteiger partial charge is 0.451 e. The van der Waals surface area contributed by atoms with Gasteiger partial charge in [0.05, 0.1) is 16.9 Å². The van der Waals surface area contributed by atoms with Crippen LogP contribution in [0.5, 0.6) is 0 Å². The van der Waals surface area contributed by atoms with Crippen LogP contribution in [0.4, 0.5) is 0 Å². The maximum Gasteiger partial charge on any atom is 0.290 e. The molecule has 6 nitrogen and oxygen atoms in total. The molecule has 1 atom stereocenters. The number of halogens is 1. The van der Waals surface area contributed by atoms with Gasteiger partial charge >= 0.3 is 0 Å². The fourth-order valence-corrected chi connectivity index (χ4v) is 6.01. The minimum atomic E-state index is -3.22. The van der Waals surface area contributed by atoms with Crippen molar-refractivity contribution in [2.45, 2.75) is 45.7 Å². The van der Waals surface area contributed by atoms with Crippen molar-refractivity contribution in [2.24, 2.45) is 0 Å². The molecule has 3 aromatic rings. The summed E-state index contributed by atoms with van der Waals surface area (Å²) in [5.74, 6) is -0.308. The van der Waals surface area contributed by atoms with Crippen LogP contribution in [0.15, 0.2) is 51.7 Å².